The van der Waals surface area contributed by atoms with E-state index < -0.39 is 0 Å². The van der Waals surface area contributed by atoms with Crippen LogP contribution in [0.2, 0.25) is 0 Å². The highest BCUT2D eigenvalue weighted by Gasteiger charge is 2.05. The third kappa shape index (κ3) is 2.07. The van der Waals surface area contributed by atoms with E-state index >= 15 is 0 Å². The van der Waals surface area contributed by atoms with Gasteiger partial charge >= 0.3 is 0 Å². The summed E-state index contributed by atoms with van der Waals surface area (Å²) < 4.78 is 5.52. The van der Waals surface area contributed by atoms with Crippen molar-refractivity contribution in [1.29, 1.82) is 0 Å². The van der Waals surface area contributed by atoms with Crippen molar-refractivity contribution in [2.75, 3.05) is 11.1 Å². The normalized spacial score (nSPS) is 10.8. The van der Waals surface area contributed by atoms with Gasteiger partial charge in [-0.05, 0) is 18.2 Å². The van der Waals surface area contributed by atoms with Crippen LogP contribution in [0.1, 0.15) is 5.01 Å². The number of thiazole rings is 1. The SMILES string of the molecule is Nc1ccc2oc(NCc3nccs3)nc2c1. The second kappa shape index (κ2) is 4.06. The monoisotopic (exact) mass is 246 g/mol. The average molecular weight is 246 g/mol. The van der Waals surface area contributed by atoms with Crippen LogP contribution < -0.4 is 11.1 Å². The van der Waals surface area contributed by atoms with E-state index in [4.69, 9.17) is 10.2 Å². The fraction of sp³-hybridized carbons (Fsp3) is 0.0909. The number of nitrogens with two attached hydrogens (primary N) is 1. The lowest BCUT2D eigenvalue weighted by atomic mass is 10.3. The molecule has 0 fully saturated rings. The maximum Gasteiger partial charge on any atom is 0.296 e. The van der Waals surface area contributed by atoms with Crippen LogP contribution >= 0.6 is 11.3 Å². The Morgan fingerprint density at radius 2 is 2.35 bits per heavy atom. The number of benzene rings is 1. The summed E-state index contributed by atoms with van der Waals surface area (Å²) in [5, 5.41) is 6.01. The third-order valence-corrected chi connectivity index (χ3v) is 3.07. The maximum atomic E-state index is 5.67. The highest BCUT2D eigenvalue weighted by molar-refractivity contribution is 7.09. The molecule has 0 saturated heterocycles. The Balaban J connectivity index is 1.81. The van der Waals surface area contributed by atoms with Gasteiger partial charge in [0.1, 0.15) is 10.5 Å². The molecule has 0 spiro atoms. The molecule has 3 rings (SSSR count). The molecule has 0 aliphatic carbocycles. The molecule has 2 heterocycles. The lowest BCUT2D eigenvalue weighted by Crippen LogP contribution is -1.98. The first-order chi connectivity index (χ1) is 8.31. The van der Waals surface area contributed by atoms with E-state index in [0.717, 1.165) is 16.1 Å². The number of fused-ring (bicyclic) bond motifs is 1. The van der Waals surface area contributed by atoms with Crippen molar-refractivity contribution < 1.29 is 4.42 Å². The van der Waals surface area contributed by atoms with Gasteiger partial charge in [-0.1, -0.05) is 0 Å². The molecular weight excluding hydrogens is 236 g/mol. The van der Waals surface area contributed by atoms with Gasteiger partial charge in [0.25, 0.3) is 6.01 Å². The van der Waals surface area contributed by atoms with Gasteiger partial charge in [0, 0.05) is 17.3 Å². The van der Waals surface area contributed by atoms with Gasteiger partial charge in [-0.2, -0.15) is 4.98 Å². The van der Waals surface area contributed by atoms with Crippen LogP contribution in [0.3, 0.4) is 0 Å². The van der Waals surface area contributed by atoms with Crippen LogP contribution in [0.15, 0.2) is 34.2 Å². The largest absolute Gasteiger partial charge is 0.424 e. The maximum absolute atomic E-state index is 5.67. The number of aromatic nitrogens is 2. The average Bonchev–Trinajstić information content (AvgIpc) is 2.94. The summed E-state index contributed by atoms with van der Waals surface area (Å²) in [6.45, 7) is 0.611. The lowest BCUT2D eigenvalue weighted by molar-refractivity contribution is 0.614. The predicted molar refractivity (Wildman–Crippen MR) is 67.9 cm³/mol. The number of rotatable bonds is 3. The molecule has 86 valence electrons. The zero-order chi connectivity index (χ0) is 11.7. The lowest BCUT2D eigenvalue weighted by Gasteiger charge is -1.95. The van der Waals surface area contributed by atoms with Crippen LogP contribution in [0.4, 0.5) is 11.7 Å². The Bertz CT molecular complexity index is 632. The number of oxazole rings is 1. The molecule has 0 saturated carbocycles. The van der Waals surface area contributed by atoms with Crippen LogP contribution in [-0.2, 0) is 6.54 Å². The third-order valence-electron chi connectivity index (χ3n) is 2.29. The second-order valence-electron chi connectivity index (χ2n) is 3.53. The molecule has 0 aliphatic rings. The quantitative estimate of drug-likeness (QED) is 0.694. The summed E-state index contributed by atoms with van der Waals surface area (Å²) in [5.41, 5.74) is 7.83. The summed E-state index contributed by atoms with van der Waals surface area (Å²) in [7, 11) is 0. The molecule has 0 unspecified atom stereocenters. The summed E-state index contributed by atoms with van der Waals surface area (Å²) in [5.74, 6) is 0. The van der Waals surface area contributed by atoms with Gasteiger partial charge < -0.3 is 15.5 Å². The van der Waals surface area contributed by atoms with E-state index in [-0.39, 0.29) is 0 Å². The van der Waals surface area contributed by atoms with E-state index in [1.54, 1.807) is 29.7 Å². The molecule has 0 radical (unpaired) electrons. The van der Waals surface area contributed by atoms with Gasteiger partial charge in [-0.15, -0.1) is 11.3 Å². The van der Waals surface area contributed by atoms with Gasteiger partial charge in [-0.3, -0.25) is 0 Å². The number of hydrogen-bond donors (Lipinski definition) is 2. The molecule has 5 nitrogen and oxygen atoms in total. The predicted octanol–water partition coefficient (Wildman–Crippen LogP) is 2.48. The highest BCUT2D eigenvalue weighted by Crippen LogP contribution is 2.21. The van der Waals surface area contributed by atoms with Crippen LogP contribution in [0, 0.1) is 0 Å². The summed E-state index contributed by atoms with van der Waals surface area (Å²) >= 11 is 1.59. The number of nitrogens with one attached hydrogen (secondary N) is 1. The molecule has 1 aromatic carbocycles. The summed E-state index contributed by atoms with van der Waals surface area (Å²) in [6, 6.07) is 5.87. The van der Waals surface area contributed by atoms with Crippen molar-refractivity contribution in [2.45, 2.75) is 6.54 Å². The minimum atomic E-state index is 0.487. The Kier molecular flexibility index (Phi) is 2.41. The Morgan fingerprint density at radius 1 is 1.41 bits per heavy atom. The second-order valence-corrected chi connectivity index (χ2v) is 4.50. The zero-order valence-corrected chi connectivity index (χ0v) is 9.70. The van der Waals surface area contributed by atoms with Gasteiger partial charge in [-0.25, -0.2) is 4.98 Å². The molecular formula is C11H10N4OS. The van der Waals surface area contributed by atoms with E-state index in [2.05, 4.69) is 15.3 Å². The van der Waals surface area contributed by atoms with Crippen LogP contribution in [0.5, 0.6) is 0 Å². The minimum Gasteiger partial charge on any atom is -0.424 e. The number of nitrogens with zero attached hydrogens (tertiary/aromatic N) is 2. The highest BCUT2D eigenvalue weighted by atomic mass is 32.1. The molecule has 2 aromatic heterocycles. The van der Waals surface area contributed by atoms with Crippen LogP contribution in [-0.4, -0.2) is 9.97 Å². The minimum absolute atomic E-state index is 0.487. The molecule has 0 aliphatic heterocycles. The Morgan fingerprint density at radius 3 is 3.18 bits per heavy atom. The van der Waals surface area contributed by atoms with E-state index in [1.807, 2.05) is 11.4 Å². The van der Waals surface area contributed by atoms with E-state index in [9.17, 15) is 0 Å². The van der Waals surface area contributed by atoms with Crippen molar-refractivity contribution in [3.8, 4) is 0 Å². The first-order valence-corrected chi connectivity index (χ1v) is 5.97. The van der Waals surface area contributed by atoms with E-state index in [1.165, 1.54) is 0 Å². The summed E-state index contributed by atoms with van der Waals surface area (Å²) in [6.07, 6.45) is 1.77. The van der Waals surface area contributed by atoms with Gasteiger partial charge in [0.05, 0.1) is 6.54 Å². The van der Waals surface area contributed by atoms with Crippen molar-refractivity contribution in [1.82, 2.24) is 9.97 Å². The van der Waals surface area contributed by atoms with Crippen molar-refractivity contribution in [3.05, 3.63) is 34.8 Å². The molecule has 0 atom stereocenters. The van der Waals surface area contributed by atoms with Crippen molar-refractivity contribution in [2.24, 2.45) is 0 Å². The molecule has 0 bridgehead atoms. The van der Waals surface area contributed by atoms with Gasteiger partial charge in [0.15, 0.2) is 5.58 Å². The molecule has 0 amide bonds. The van der Waals surface area contributed by atoms with Crippen molar-refractivity contribution >= 4 is 34.1 Å². The molecule has 3 N–H and O–H groups in total. The first-order valence-electron chi connectivity index (χ1n) is 5.09. The molecule has 17 heavy (non-hydrogen) atoms. The van der Waals surface area contributed by atoms with E-state index in [0.29, 0.717) is 18.2 Å². The molecule has 3 aromatic rings. The number of anilines is 2. The number of nitrogen functional groups attached to an aromatic ring is 1. The smallest absolute Gasteiger partial charge is 0.296 e. The fourth-order valence-corrected chi connectivity index (χ4v) is 2.07. The Hall–Kier alpha value is -2.08. The van der Waals surface area contributed by atoms with Crippen molar-refractivity contribution in [3.63, 3.8) is 0 Å². The van der Waals surface area contributed by atoms with Crippen LogP contribution in [0.25, 0.3) is 11.1 Å². The zero-order valence-electron chi connectivity index (χ0n) is 8.88. The Labute approximate surface area is 101 Å². The van der Waals surface area contributed by atoms with Gasteiger partial charge in [0.2, 0.25) is 0 Å². The fourth-order valence-electron chi connectivity index (χ4n) is 1.51. The molecule has 6 heteroatoms. The first kappa shape index (κ1) is 10.1. The topological polar surface area (TPSA) is 77.0 Å². The standard InChI is InChI=1S/C11H10N4OS/c12-7-1-2-9-8(5-7)15-11(16-9)14-6-10-13-3-4-17-10/h1-5H,6,12H2,(H,14,15). The summed E-state index contributed by atoms with van der Waals surface area (Å²) in [4.78, 5) is 8.46. The number of hydrogen-bond acceptors (Lipinski definition) is 6.